The number of hydrogen-bond acceptors (Lipinski definition) is 4. The molecule has 33 heavy (non-hydrogen) atoms. The van der Waals surface area contributed by atoms with E-state index in [1.165, 1.54) is 5.57 Å². The molecule has 1 heterocycles. The molecule has 5 heteroatoms. The Hall–Kier alpha value is -1.14. The number of benzene rings is 1. The lowest BCUT2D eigenvalue weighted by atomic mass is 9.82. The normalized spacial score (nSPS) is 25.4. The molecule has 0 saturated carbocycles. The van der Waals surface area contributed by atoms with E-state index in [9.17, 15) is 0 Å². The van der Waals surface area contributed by atoms with Crippen molar-refractivity contribution < 1.29 is 18.6 Å². The molecule has 4 nitrogen and oxygen atoms in total. The smallest absolute Gasteiger partial charge is 0.192 e. The van der Waals surface area contributed by atoms with Crippen molar-refractivity contribution in [3.05, 3.63) is 41.5 Å². The van der Waals surface area contributed by atoms with Crippen molar-refractivity contribution in [2.45, 2.75) is 98.4 Å². The van der Waals surface area contributed by atoms with Crippen LogP contribution in [0, 0.1) is 17.8 Å². The molecule has 6 atom stereocenters. The highest BCUT2D eigenvalue weighted by molar-refractivity contribution is 6.74. The summed E-state index contributed by atoms with van der Waals surface area (Å²) in [6, 6.07) is 7.99. The first-order chi connectivity index (χ1) is 15.3. The summed E-state index contributed by atoms with van der Waals surface area (Å²) in [7, 11) is -0.270. The lowest BCUT2D eigenvalue weighted by Gasteiger charge is -2.47. The van der Waals surface area contributed by atoms with Gasteiger partial charge in [-0.25, -0.2) is 0 Å². The molecule has 0 N–H and O–H groups in total. The van der Waals surface area contributed by atoms with Crippen LogP contribution in [0.15, 0.2) is 35.9 Å². The van der Waals surface area contributed by atoms with Crippen LogP contribution in [-0.2, 0) is 13.9 Å². The van der Waals surface area contributed by atoms with Gasteiger partial charge in [-0.1, -0.05) is 65.3 Å². The van der Waals surface area contributed by atoms with Crippen molar-refractivity contribution in [3.8, 4) is 5.75 Å². The molecule has 1 aromatic carbocycles. The maximum Gasteiger partial charge on any atom is 0.192 e. The number of ether oxygens (including phenoxy) is 3. The van der Waals surface area contributed by atoms with E-state index in [1.807, 2.05) is 24.3 Å². The predicted octanol–water partition coefficient (Wildman–Crippen LogP) is 7.76. The Morgan fingerprint density at radius 3 is 2.30 bits per heavy atom. The van der Waals surface area contributed by atoms with Crippen LogP contribution in [0.5, 0.6) is 5.75 Å². The van der Waals surface area contributed by atoms with Gasteiger partial charge in [0.25, 0.3) is 0 Å². The van der Waals surface area contributed by atoms with Gasteiger partial charge in [0.15, 0.2) is 14.6 Å². The van der Waals surface area contributed by atoms with E-state index in [4.69, 9.17) is 18.6 Å². The van der Waals surface area contributed by atoms with Crippen molar-refractivity contribution in [1.29, 1.82) is 0 Å². The van der Waals surface area contributed by atoms with E-state index in [0.29, 0.717) is 18.4 Å². The third-order valence-corrected chi connectivity index (χ3v) is 12.2. The fourth-order valence-electron chi connectivity index (χ4n) is 4.42. The molecule has 0 unspecified atom stereocenters. The Bertz CT molecular complexity index is 765. The fourth-order valence-corrected chi connectivity index (χ4v) is 5.90. The van der Waals surface area contributed by atoms with Gasteiger partial charge >= 0.3 is 0 Å². The minimum absolute atomic E-state index is 0.0639. The van der Waals surface area contributed by atoms with Crippen LogP contribution in [0.1, 0.15) is 73.7 Å². The molecule has 1 fully saturated rings. The van der Waals surface area contributed by atoms with Gasteiger partial charge in [-0.3, -0.25) is 0 Å². The number of hydrogen-bond donors (Lipinski definition) is 0. The highest BCUT2D eigenvalue weighted by Crippen LogP contribution is 2.42. The molecule has 1 aromatic rings. The molecule has 0 amide bonds. The Balaban J connectivity index is 2.29. The second kappa shape index (κ2) is 11.5. The maximum atomic E-state index is 7.12. The minimum atomic E-state index is -1.95. The van der Waals surface area contributed by atoms with Gasteiger partial charge in [0.2, 0.25) is 0 Å². The van der Waals surface area contributed by atoms with Crippen LogP contribution in [0.2, 0.25) is 18.1 Å². The minimum Gasteiger partial charge on any atom is -0.497 e. The first-order valence-corrected chi connectivity index (χ1v) is 15.4. The summed E-state index contributed by atoms with van der Waals surface area (Å²) in [5.74, 6) is 1.79. The third kappa shape index (κ3) is 7.17. The molecular formula is C28H48O4Si. The largest absolute Gasteiger partial charge is 0.497 e. The molecule has 1 aliphatic heterocycles. The molecule has 2 rings (SSSR count). The average molecular weight is 477 g/mol. The highest BCUT2D eigenvalue weighted by Gasteiger charge is 2.45. The van der Waals surface area contributed by atoms with Crippen LogP contribution in [0.4, 0.5) is 0 Å². The van der Waals surface area contributed by atoms with E-state index < -0.39 is 8.32 Å². The maximum absolute atomic E-state index is 7.12. The van der Waals surface area contributed by atoms with Crippen molar-refractivity contribution >= 4 is 8.32 Å². The van der Waals surface area contributed by atoms with Crippen molar-refractivity contribution in [2.75, 3.05) is 13.7 Å². The third-order valence-electron chi connectivity index (χ3n) is 7.71. The van der Waals surface area contributed by atoms with E-state index in [-0.39, 0.29) is 29.5 Å². The molecule has 1 saturated heterocycles. The molecule has 0 radical (unpaired) electrons. The molecule has 0 bridgehead atoms. The lowest BCUT2D eigenvalue weighted by molar-refractivity contribution is -0.256. The molecule has 188 valence electrons. The summed E-state index contributed by atoms with van der Waals surface area (Å²) in [5, 5.41) is 0.161. The fraction of sp³-hybridized carbons (Fsp3) is 0.714. The standard InChI is InChI=1S/C28H48O4Si/c1-12-19(2)17-20(3)26(32-33(10,11)28(6,7)8)22(5)25-21(4)18-30-27(31-25)23-13-15-24(29-9)16-14-23/h12-16,20-22,25-27H,17-18H2,1-11H3/b19-12+/t20-,21+,22+,25-,26+,27-/m0/s1. The van der Waals surface area contributed by atoms with Crippen LogP contribution < -0.4 is 4.74 Å². The predicted molar refractivity (Wildman–Crippen MR) is 140 cm³/mol. The summed E-state index contributed by atoms with van der Waals surface area (Å²) in [5.41, 5.74) is 2.44. The summed E-state index contributed by atoms with van der Waals surface area (Å²) in [6.45, 7) is 23.6. The van der Waals surface area contributed by atoms with Crippen LogP contribution in [0.25, 0.3) is 0 Å². The average Bonchev–Trinajstić information content (AvgIpc) is 2.76. The van der Waals surface area contributed by atoms with Gasteiger partial charge in [0, 0.05) is 17.4 Å². The van der Waals surface area contributed by atoms with Gasteiger partial charge < -0.3 is 18.6 Å². The first-order valence-electron chi connectivity index (χ1n) is 12.5. The number of allylic oxidation sites excluding steroid dienone is 2. The Kier molecular flexibility index (Phi) is 9.81. The van der Waals surface area contributed by atoms with Gasteiger partial charge in [0.05, 0.1) is 25.9 Å². The molecule has 1 aliphatic rings. The topological polar surface area (TPSA) is 36.9 Å². The Morgan fingerprint density at radius 2 is 1.79 bits per heavy atom. The monoisotopic (exact) mass is 476 g/mol. The zero-order valence-electron chi connectivity index (χ0n) is 22.9. The molecular weight excluding hydrogens is 428 g/mol. The van der Waals surface area contributed by atoms with E-state index in [1.54, 1.807) is 7.11 Å². The first kappa shape index (κ1) is 28.1. The summed E-state index contributed by atoms with van der Waals surface area (Å²) < 4.78 is 25.2. The van der Waals surface area contributed by atoms with Gasteiger partial charge in [-0.05, 0) is 56.5 Å². The summed E-state index contributed by atoms with van der Waals surface area (Å²) >= 11 is 0. The highest BCUT2D eigenvalue weighted by atomic mass is 28.4. The summed E-state index contributed by atoms with van der Waals surface area (Å²) in [6.07, 6.45) is 3.09. The Labute approximate surface area is 204 Å². The van der Waals surface area contributed by atoms with Gasteiger partial charge in [0.1, 0.15) is 5.75 Å². The SMILES string of the molecule is C/C=C(\C)C[C@H](C)[C@@H](O[Si](C)(C)C(C)(C)C)[C@H](C)[C@H]1O[C@@H](c2ccc(OC)cc2)OC[C@H]1C. The van der Waals surface area contributed by atoms with Crippen molar-refractivity contribution in [1.82, 2.24) is 0 Å². The lowest BCUT2D eigenvalue weighted by Crippen LogP contribution is -2.51. The quantitative estimate of drug-likeness (QED) is 0.269. The molecule has 0 aliphatic carbocycles. The molecule has 0 aromatic heterocycles. The van der Waals surface area contributed by atoms with Gasteiger partial charge in [-0.15, -0.1) is 0 Å². The second-order valence-corrected chi connectivity index (χ2v) is 16.3. The van der Waals surface area contributed by atoms with E-state index in [0.717, 1.165) is 17.7 Å². The number of rotatable bonds is 9. The van der Waals surface area contributed by atoms with Crippen molar-refractivity contribution in [2.24, 2.45) is 17.8 Å². The van der Waals surface area contributed by atoms with Crippen LogP contribution in [-0.4, -0.2) is 34.2 Å². The van der Waals surface area contributed by atoms with Crippen molar-refractivity contribution in [3.63, 3.8) is 0 Å². The zero-order chi connectivity index (χ0) is 25.0. The van der Waals surface area contributed by atoms with E-state index in [2.05, 4.69) is 74.6 Å². The van der Waals surface area contributed by atoms with Crippen LogP contribution >= 0.6 is 0 Å². The zero-order valence-corrected chi connectivity index (χ0v) is 23.9. The Morgan fingerprint density at radius 1 is 1.18 bits per heavy atom. The molecule has 0 spiro atoms. The second-order valence-electron chi connectivity index (χ2n) is 11.5. The van der Waals surface area contributed by atoms with E-state index >= 15 is 0 Å². The summed E-state index contributed by atoms with van der Waals surface area (Å²) in [4.78, 5) is 0. The van der Waals surface area contributed by atoms with Crippen LogP contribution in [0.3, 0.4) is 0 Å². The number of methoxy groups -OCH3 is 1. The van der Waals surface area contributed by atoms with Gasteiger partial charge in [-0.2, -0.15) is 0 Å².